The molecule has 4 heteroatoms. The first-order chi connectivity index (χ1) is 11.6. The number of hydrogen-bond acceptors (Lipinski definition) is 3. The minimum Gasteiger partial charge on any atom is -0.380 e. The lowest BCUT2D eigenvalue weighted by Crippen LogP contribution is -2.50. The molecule has 0 unspecified atom stereocenters. The first kappa shape index (κ1) is 16.7. The number of carbonyl (C=O) groups excluding carboxylic acids is 1. The Bertz CT molecular complexity index is 701. The van der Waals surface area contributed by atoms with Gasteiger partial charge in [-0.15, -0.1) is 0 Å². The van der Waals surface area contributed by atoms with Gasteiger partial charge < -0.3 is 14.4 Å². The number of morpholine rings is 1. The van der Waals surface area contributed by atoms with Gasteiger partial charge in [0.05, 0.1) is 19.8 Å². The van der Waals surface area contributed by atoms with Crippen LogP contribution in [0, 0.1) is 0 Å². The Morgan fingerprint density at radius 3 is 2.62 bits per heavy atom. The van der Waals surface area contributed by atoms with Crippen molar-refractivity contribution in [1.82, 2.24) is 4.90 Å². The highest BCUT2D eigenvalue weighted by Gasteiger charge is 2.36. The minimum atomic E-state index is -0.481. The second-order valence-corrected chi connectivity index (χ2v) is 6.26. The number of carbonyl (C=O) groups is 1. The molecule has 1 aliphatic rings. The van der Waals surface area contributed by atoms with Crippen molar-refractivity contribution in [3.8, 4) is 0 Å². The van der Waals surface area contributed by atoms with Crippen LogP contribution >= 0.6 is 0 Å². The zero-order chi connectivity index (χ0) is 17.0. The van der Waals surface area contributed by atoms with E-state index in [-0.39, 0.29) is 5.91 Å². The predicted octanol–water partition coefficient (Wildman–Crippen LogP) is 3.22. The SMILES string of the molecule is COCc1ccccc1C(=O)N1CCO[C@](C)(c2ccccc2)C1. The van der Waals surface area contributed by atoms with Gasteiger partial charge in [-0.2, -0.15) is 0 Å². The summed E-state index contributed by atoms with van der Waals surface area (Å²) in [7, 11) is 1.64. The Labute approximate surface area is 143 Å². The highest BCUT2D eigenvalue weighted by Crippen LogP contribution is 2.30. The second-order valence-electron chi connectivity index (χ2n) is 6.26. The average Bonchev–Trinajstić information content (AvgIpc) is 2.63. The van der Waals surface area contributed by atoms with Crippen LogP contribution in [0.2, 0.25) is 0 Å². The summed E-state index contributed by atoms with van der Waals surface area (Å²) in [6.07, 6.45) is 0. The van der Waals surface area contributed by atoms with E-state index in [2.05, 4.69) is 0 Å². The number of nitrogens with zero attached hydrogens (tertiary/aromatic N) is 1. The summed E-state index contributed by atoms with van der Waals surface area (Å²) in [5.74, 6) is 0.0353. The summed E-state index contributed by atoms with van der Waals surface area (Å²) in [6, 6.07) is 17.7. The lowest BCUT2D eigenvalue weighted by atomic mass is 9.93. The molecule has 0 N–H and O–H groups in total. The fourth-order valence-electron chi connectivity index (χ4n) is 3.19. The van der Waals surface area contributed by atoms with Crippen molar-refractivity contribution < 1.29 is 14.3 Å². The number of rotatable bonds is 4. The van der Waals surface area contributed by atoms with Gasteiger partial charge in [0.1, 0.15) is 5.60 Å². The molecular weight excluding hydrogens is 302 g/mol. The Morgan fingerprint density at radius 2 is 1.88 bits per heavy atom. The Balaban J connectivity index is 1.84. The maximum absolute atomic E-state index is 13.0. The van der Waals surface area contributed by atoms with Gasteiger partial charge in [0, 0.05) is 19.2 Å². The van der Waals surface area contributed by atoms with Gasteiger partial charge >= 0.3 is 0 Å². The molecule has 0 radical (unpaired) electrons. The summed E-state index contributed by atoms with van der Waals surface area (Å²) in [4.78, 5) is 14.9. The van der Waals surface area contributed by atoms with Crippen molar-refractivity contribution in [2.75, 3.05) is 26.8 Å². The topological polar surface area (TPSA) is 38.8 Å². The normalized spacial score (nSPS) is 20.8. The lowest BCUT2D eigenvalue weighted by molar-refractivity contribution is -0.0931. The summed E-state index contributed by atoms with van der Waals surface area (Å²) in [5.41, 5.74) is 2.23. The van der Waals surface area contributed by atoms with Crippen molar-refractivity contribution in [3.05, 3.63) is 71.3 Å². The summed E-state index contributed by atoms with van der Waals surface area (Å²) in [5, 5.41) is 0. The van der Waals surface area contributed by atoms with Crippen molar-refractivity contribution in [2.45, 2.75) is 19.1 Å². The van der Waals surface area contributed by atoms with Crippen LogP contribution in [-0.4, -0.2) is 37.6 Å². The van der Waals surface area contributed by atoms with Crippen LogP contribution in [0.1, 0.15) is 28.4 Å². The third-order valence-corrected chi connectivity index (χ3v) is 4.49. The summed E-state index contributed by atoms with van der Waals surface area (Å²) in [6.45, 7) is 4.15. The molecule has 1 aliphatic heterocycles. The lowest BCUT2D eigenvalue weighted by Gasteiger charge is -2.41. The van der Waals surface area contributed by atoms with Crippen LogP contribution in [0.5, 0.6) is 0 Å². The number of methoxy groups -OCH3 is 1. The van der Waals surface area contributed by atoms with Crippen LogP contribution in [0.3, 0.4) is 0 Å². The van der Waals surface area contributed by atoms with Crippen molar-refractivity contribution in [2.24, 2.45) is 0 Å². The maximum atomic E-state index is 13.0. The molecule has 1 atom stereocenters. The molecule has 24 heavy (non-hydrogen) atoms. The first-order valence-electron chi connectivity index (χ1n) is 8.20. The molecule has 0 spiro atoms. The standard InChI is InChI=1S/C20H23NO3/c1-20(17-9-4-3-5-10-17)15-21(12-13-24-20)19(22)18-11-7-6-8-16(18)14-23-2/h3-11H,12-15H2,1-2H3/t20-/m0/s1. The fourth-order valence-corrected chi connectivity index (χ4v) is 3.19. The highest BCUT2D eigenvalue weighted by atomic mass is 16.5. The van der Waals surface area contributed by atoms with E-state index in [0.29, 0.717) is 31.9 Å². The van der Waals surface area contributed by atoms with Crippen molar-refractivity contribution >= 4 is 5.91 Å². The van der Waals surface area contributed by atoms with Gasteiger partial charge in [0.2, 0.25) is 0 Å². The number of benzene rings is 2. The van der Waals surface area contributed by atoms with E-state index in [4.69, 9.17) is 9.47 Å². The highest BCUT2D eigenvalue weighted by molar-refractivity contribution is 5.95. The zero-order valence-electron chi connectivity index (χ0n) is 14.2. The summed E-state index contributed by atoms with van der Waals surface area (Å²) < 4.78 is 11.2. The monoisotopic (exact) mass is 325 g/mol. The van der Waals surface area contributed by atoms with E-state index in [1.54, 1.807) is 7.11 Å². The van der Waals surface area contributed by atoms with Gasteiger partial charge in [-0.25, -0.2) is 0 Å². The van der Waals surface area contributed by atoms with Crippen LogP contribution in [0.15, 0.2) is 54.6 Å². The van der Waals surface area contributed by atoms with Crippen LogP contribution in [0.25, 0.3) is 0 Å². The summed E-state index contributed by atoms with van der Waals surface area (Å²) >= 11 is 0. The largest absolute Gasteiger partial charge is 0.380 e. The molecule has 2 aromatic carbocycles. The average molecular weight is 325 g/mol. The molecule has 0 bridgehead atoms. The van der Waals surface area contributed by atoms with Gasteiger partial charge in [0.25, 0.3) is 5.91 Å². The van der Waals surface area contributed by atoms with E-state index in [9.17, 15) is 4.79 Å². The van der Waals surface area contributed by atoms with Gasteiger partial charge in [-0.1, -0.05) is 48.5 Å². The van der Waals surface area contributed by atoms with Crippen molar-refractivity contribution in [1.29, 1.82) is 0 Å². The zero-order valence-corrected chi connectivity index (χ0v) is 14.2. The second kappa shape index (κ2) is 7.16. The van der Waals surface area contributed by atoms with Crippen LogP contribution in [0.4, 0.5) is 0 Å². The van der Waals surface area contributed by atoms with Crippen LogP contribution < -0.4 is 0 Å². The molecule has 1 heterocycles. The Kier molecular flexibility index (Phi) is 4.97. The van der Waals surface area contributed by atoms with E-state index in [1.165, 1.54) is 0 Å². The number of amides is 1. The van der Waals surface area contributed by atoms with Crippen molar-refractivity contribution in [3.63, 3.8) is 0 Å². The molecule has 1 saturated heterocycles. The Hall–Kier alpha value is -2.17. The van der Waals surface area contributed by atoms with E-state index in [1.807, 2.05) is 66.4 Å². The molecule has 0 aliphatic carbocycles. The van der Waals surface area contributed by atoms with Gasteiger partial charge in [0.15, 0.2) is 0 Å². The Morgan fingerprint density at radius 1 is 1.17 bits per heavy atom. The molecule has 126 valence electrons. The molecule has 0 aromatic heterocycles. The van der Waals surface area contributed by atoms with E-state index >= 15 is 0 Å². The third-order valence-electron chi connectivity index (χ3n) is 4.49. The predicted molar refractivity (Wildman–Crippen MR) is 92.8 cm³/mol. The third kappa shape index (κ3) is 3.35. The number of ether oxygens (including phenoxy) is 2. The number of hydrogen-bond donors (Lipinski definition) is 0. The molecule has 3 rings (SSSR count). The molecule has 4 nitrogen and oxygen atoms in total. The quantitative estimate of drug-likeness (QED) is 0.866. The molecule has 1 amide bonds. The molecule has 2 aromatic rings. The smallest absolute Gasteiger partial charge is 0.254 e. The maximum Gasteiger partial charge on any atom is 0.254 e. The molecule has 0 saturated carbocycles. The molecule has 1 fully saturated rings. The van der Waals surface area contributed by atoms with Crippen LogP contribution in [-0.2, 0) is 21.7 Å². The van der Waals surface area contributed by atoms with E-state index in [0.717, 1.165) is 11.1 Å². The first-order valence-corrected chi connectivity index (χ1v) is 8.20. The van der Waals surface area contributed by atoms with Gasteiger partial charge in [-0.05, 0) is 24.1 Å². The fraction of sp³-hybridized carbons (Fsp3) is 0.350. The molecular formula is C20H23NO3. The minimum absolute atomic E-state index is 0.0353. The van der Waals surface area contributed by atoms with Gasteiger partial charge in [-0.3, -0.25) is 4.79 Å². The van der Waals surface area contributed by atoms with E-state index < -0.39 is 5.60 Å².